The number of aryl methyl sites for hydroxylation is 1. The number of aliphatic imine (C=N–C) groups is 1. The van der Waals surface area contributed by atoms with Crippen LogP contribution >= 0.6 is 0 Å². The second-order valence-electron chi connectivity index (χ2n) is 5.96. The number of nitrogens with zero attached hydrogens (tertiary/aromatic N) is 3. The average molecular weight is 316 g/mol. The number of piperazine rings is 1. The van der Waals surface area contributed by atoms with Crippen molar-refractivity contribution in [3.63, 3.8) is 0 Å². The highest BCUT2D eigenvalue weighted by Crippen LogP contribution is 2.05. The molecule has 1 aromatic carbocycles. The number of benzene rings is 1. The Morgan fingerprint density at radius 1 is 1.13 bits per heavy atom. The van der Waals surface area contributed by atoms with Crippen molar-refractivity contribution in [1.82, 2.24) is 15.1 Å². The van der Waals surface area contributed by atoms with Crippen LogP contribution in [0.15, 0.2) is 29.3 Å². The van der Waals surface area contributed by atoms with Gasteiger partial charge in [0.05, 0.1) is 0 Å². The number of amides is 1. The van der Waals surface area contributed by atoms with E-state index in [0.29, 0.717) is 0 Å². The lowest BCUT2D eigenvalue weighted by atomic mass is 10.1. The van der Waals surface area contributed by atoms with Crippen LogP contribution in [-0.4, -0.2) is 60.9 Å². The number of carbonyl (C=O) groups excluding carboxylic acids is 1. The number of rotatable bonds is 4. The molecule has 2 rings (SSSR count). The van der Waals surface area contributed by atoms with Crippen molar-refractivity contribution in [2.75, 3.05) is 39.3 Å². The van der Waals surface area contributed by atoms with Gasteiger partial charge in [-0.25, -0.2) is 0 Å². The summed E-state index contributed by atoms with van der Waals surface area (Å²) < 4.78 is 0. The minimum atomic E-state index is 0.158. The Kier molecular flexibility index (Phi) is 6.44. The van der Waals surface area contributed by atoms with Crippen LogP contribution in [0.4, 0.5) is 0 Å². The lowest BCUT2D eigenvalue weighted by Crippen LogP contribution is -2.53. The highest BCUT2D eigenvalue weighted by Gasteiger charge is 2.20. The Hall–Kier alpha value is -2.04. The lowest BCUT2D eigenvalue weighted by Gasteiger charge is -2.36. The molecule has 1 aliphatic heterocycles. The third kappa shape index (κ3) is 5.27. The van der Waals surface area contributed by atoms with Gasteiger partial charge in [-0.15, -0.1) is 0 Å². The van der Waals surface area contributed by atoms with Gasteiger partial charge in [-0.2, -0.15) is 0 Å². The third-order valence-electron chi connectivity index (χ3n) is 4.14. The van der Waals surface area contributed by atoms with E-state index < -0.39 is 0 Å². The van der Waals surface area contributed by atoms with Crippen molar-refractivity contribution >= 4 is 11.9 Å². The fourth-order valence-electron chi connectivity index (χ4n) is 2.70. The monoisotopic (exact) mass is 316 g/mol. The fourth-order valence-corrected chi connectivity index (χ4v) is 2.70. The second-order valence-corrected chi connectivity index (χ2v) is 5.96. The number of guanidine groups is 1. The highest BCUT2D eigenvalue weighted by molar-refractivity contribution is 5.80. The molecular weight excluding hydrogens is 288 g/mol. The molecule has 1 N–H and O–H groups in total. The molecule has 1 aromatic rings. The van der Waals surface area contributed by atoms with Crippen LogP contribution in [-0.2, 0) is 11.2 Å². The smallest absolute Gasteiger partial charge is 0.219 e. The summed E-state index contributed by atoms with van der Waals surface area (Å²) >= 11 is 0. The predicted octanol–water partition coefficient (Wildman–Crippen LogP) is 1.67. The SMILES string of the molecule is CCNC(=NCCc1ccc(C)cc1)N1CCN(C(C)=O)CC1. The summed E-state index contributed by atoms with van der Waals surface area (Å²) in [4.78, 5) is 20.3. The molecule has 0 bridgehead atoms. The van der Waals surface area contributed by atoms with Gasteiger partial charge < -0.3 is 15.1 Å². The van der Waals surface area contributed by atoms with E-state index in [0.717, 1.165) is 51.6 Å². The molecule has 1 fully saturated rings. The molecule has 0 spiro atoms. The molecule has 0 saturated carbocycles. The van der Waals surface area contributed by atoms with Gasteiger partial charge in [-0.1, -0.05) is 29.8 Å². The highest BCUT2D eigenvalue weighted by atomic mass is 16.2. The van der Waals surface area contributed by atoms with E-state index >= 15 is 0 Å². The van der Waals surface area contributed by atoms with E-state index in [1.807, 2.05) is 4.90 Å². The van der Waals surface area contributed by atoms with Crippen LogP contribution in [0.1, 0.15) is 25.0 Å². The molecule has 1 amide bonds. The van der Waals surface area contributed by atoms with Crippen LogP contribution in [0, 0.1) is 6.92 Å². The summed E-state index contributed by atoms with van der Waals surface area (Å²) in [5.74, 6) is 1.12. The van der Waals surface area contributed by atoms with Crippen molar-refractivity contribution in [2.24, 2.45) is 4.99 Å². The standard InChI is InChI=1S/C18H28N4O/c1-4-19-18(22-13-11-21(12-14-22)16(3)23)20-10-9-17-7-5-15(2)6-8-17/h5-8H,4,9-14H2,1-3H3,(H,19,20). The predicted molar refractivity (Wildman–Crippen MR) is 94.7 cm³/mol. The van der Waals surface area contributed by atoms with Gasteiger partial charge in [0, 0.05) is 46.2 Å². The number of hydrogen-bond acceptors (Lipinski definition) is 2. The molecular formula is C18H28N4O. The number of nitrogens with one attached hydrogen (secondary N) is 1. The van der Waals surface area contributed by atoms with Crippen LogP contribution in [0.25, 0.3) is 0 Å². The van der Waals surface area contributed by atoms with Gasteiger partial charge in [-0.05, 0) is 25.8 Å². The van der Waals surface area contributed by atoms with E-state index in [2.05, 4.69) is 48.3 Å². The molecule has 0 aromatic heterocycles. The van der Waals surface area contributed by atoms with Crippen molar-refractivity contribution in [3.8, 4) is 0 Å². The molecule has 0 atom stereocenters. The van der Waals surface area contributed by atoms with Crippen molar-refractivity contribution in [3.05, 3.63) is 35.4 Å². The first kappa shape index (κ1) is 17.3. The molecule has 0 radical (unpaired) electrons. The zero-order chi connectivity index (χ0) is 16.7. The third-order valence-corrected chi connectivity index (χ3v) is 4.14. The first-order valence-corrected chi connectivity index (χ1v) is 8.44. The van der Waals surface area contributed by atoms with Crippen molar-refractivity contribution in [2.45, 2.75) is 27.2 Å². The van der Waals surface area contributed by atoms with Gasteiger partial charge in [0.2, 0.25) is 5.91 Å². The van der Waals surface area contributed by atoms with Gasteiger partial charge in [0.1, 0.15) is 0 Å². The fraction of sp³-hybridized carbons (Fsp3) is 0.556. The van der Waals surface area contributed by atoms with Gasteiger partial charge in [0.25, 0.3) is 0 Å². The quantitative estimate of drug-likeness (QED) is 0.679. The first-order chi connectivity index (χ1) is 11.1. The largest absolute Gasteiger partial charge is 0.357 e. The minimum absolute atomic E-state index is 0.158. The molecule has 0 aliphatic carbocycles. The van der Waals surface area contributed by atoms with E-state index in [1.165, 1.54) is 11.1 Å². The Morgan fingerprint density at radius 3 is 2.30 bits per heavy atom. The van der Waals surface area contributed by atoms with Gasteiger partial charge >= 0.3 is 0 Å². The lowest BCUT2D eigenvalue weighted by molar-refractivity contribution is -0.130. The van der Waals surface area contributed by atoms with Crippen molar-refractivity contribution < 1.29 is 4.79 Å². The van der Waals surface area contributed by atoms with E-state index in [1.54, 1.807) is 6.92 Å². The number of carbonyl (C=O) groups is 1. The Bertz CT molecular complexity index is 530. The first-order valence-electron chi connectivity index (χ1n) is 8.44. The van der Waals surface area contributed by atoms with Crippen LogP contribution in [0.3, 0.4) is 0 Å². The summed E-state index contributed by atoms with van der Waals surface area (Å²) in [6.45, 7) is 10.7. The van der Waals surface area contributed by atoms with Gasteiger partial charge in [-0.3, -0.25) is 9.79 Å². The number of hydrogen-bond donors (Lipinski definition) is 1. The second kappa shape index (κ2) is 8.56. The normalized spacial score (nSPS) is 15.7. The Morgan fingerprint density at radius 2 is 1.74 bits per heavy atom. The molecule has 1 heterocycles. The molecule has 1 aliphatic rings. The zero-order valence-electron chi connectivity index (χ0n) is 14.5. The van der Waals surface area contributed by atoms with E-state index in [-0.39, 0.29) is 5.91 Å². The minimum Gasteiger partial charge on any atom is -0.357 e. The zero-order valence-corrected chi connectivity index (χ0v) is 14.5. The van der Waals surface area contributed by atoms with Crippen LogP contribution < -0.4 is 5.32 Å². The summed E-state index contributed by atoms with van der Waals surface area (Å²) in [5, 5.41) is 3.36. The maximum Gasteiger partial charge on any atom is 0.219 e. The van der Waals surface area contributed by atoms with E-state index in [4.69, 9.17) is 4.99 Å². The summed E-state index contributed by atoms with van der Waals surface area (Å²) in [7, 11) is 0. The molecule has 1 saturated heterocycles. The van der Waals surface area contributed by atoms with Crippen LogP contribution in [0.2, 0.25) is 0 Å². The van der Waals surface area contributed by atoms with E-state index in [9.17, 15) is 4.79 Å². The average Bonchev–Trinajstić information content (AvgIpc) is 2.56. The molecule has 5 heteroatoms. The molecule has 23 heavy (non-hydrogen) atoms. The maximum absolute atomic E-state index is 11.4. The topological polar surface area (TPSA) is 47.9 Å². The van der Waals surface area contributed by atoms with Crippen molar-refractivity contribution in [1.29, 1.82) is 0 Å². The van der Waals surface area contributed by atoms with Gasteiger partial charge in [0.15, 0.2) is 5.96 Å². The summed E-state index contributed by atoms with van der Waals surface area (Å²) in [5.41, 5.74) is 2.60. The molecule has 5 nitrogen and oxygen atoms in total. The van der Waals surface area contributed by atoms with Crippen LogP contribution in [0.5, 0.6) is 0 Å². The Balaban J connectivity index is 1.89. The Labute approximate surface area is 139 Å². The molecule has 0 unspecified atom stereocenters. The maximum atomic E-state index is 11.4. The summed E-state index contributed by atoms with van der Waals surface area (Å²) in [6.07, 6.45) is 0.947. The summed E-state index contributed by atoms with van der Waals surface area (Å²) in [6, 6.07) is 8.63. The molecule has 126 valence electrons.